The lowest BCUT2D eigenvalue weighted by Crippen LogP contribution is -2.37. The van der Waals surface area contributed by atoms with E-state index in [1.165, 1.54) is 4.90 Å². The number of fused-ring (bicyclic) bond motifs is 1. The fourth-order valence-electron chi connectivity index (χ4n) is 4.10. The second kappa shape index (κ2) is 12.1. The summed E-state index contributed by atoms with van der Waals surface area (Å²) < 4.78 is 11.6. The average molecular weight is 465 g/mol. The second-order valence-corrected chi connectivity index (χ2v) is 8.54. The number of aromatic nitrogens is 1. The van der Waals surface area contributed by atoms with Crippen LogP contribution < -0.4 is 10.1 Å². The molecule has 1 fully saturated rings. The highest BCUT2D eigenvalue weighted by molar-refractivity contribution is 5.84. The summed E-state index contributed by atoms with van der Waals surface area (Å²) in [5.41, 5.74) is 4.22. The van der Waals surface area contributed by atoms with Gasteiger partial charge in [0.25, 0.3) is 0 Å². The van der Waals surface area contributed by atoms with E-state index in [9.17, 15) is 4.79 Å². The number of nitrogens with zero attached hydrogens (tertiary/aromatic N) is 3. The summed E-state index contributed by atoms with van der Waals surface area (Å²) in [6, 6.07) is 13.4. The van der Waals surface area contributed by atoms with E-state index >= 15 is 0 Å². The van der Waals surface area contributed by atoms with Crippen LogP contribution in [0.4, 0.5) is 4.79 Å². The first-order chi connectivity index (χ1) is 16.5. The van der Waals surface area contributed by atoms with Gasteiger partial charge in [-0.1, -0.05) is 17.3 Å². The van der Waals surface area contributed by atoms with E-state index in [0.29, 0.717) is 31.2 Å². The van der Waals surface area contributed by atoms with Crippen molar-refractivity contribution in [1.29, 1.82) is 5.26 Å². The first-order valence-corrected chi connectivity index (χ1v) is 11.5. The molecule has 4 rings (SSSR count). The largest absolute Gasteiger partial charge is 0.488 e. The molecule has 8 nitrogen and oxygen atoms in total. The summed E-state index contributed by atoms with van der Waals surface area (Å²) in [6.45, 7) is 3.60. The predicted molar refractivity (Wildman–Crippen MR) is 130 cm³/mol. The standard InChI is InChI=1S/C24H25N3O4.C2H7N/c1-16-22(30-15-19-4-2-18(14-25)3-5-19)9-7-20-21(26-31-23(16)20)8-6-17-10-12-27(13-11-17)24(28)29;1-3-2/h2-5,7,9,17H,6,8,10-13,15H2,1H3,(H,28,29);3H,1-2H3. The van der Waals surface area contributed by atoms with Gasteiger partial charge in [-0.15, -0.1) is 0 Å². The molecule has 0 atom stereocenters. The molecule has 0 saturated carbocycles. The molecule has 2 N–H and O–H groups in total. The second-order valence-electron chi connectivity index (χ2n) is 8.54. The Bertz CT molecular complexity index is 1130. The maximum absolute atomic E-state index is 11.0. The van der Waals surface area contributed by atoms with E-state index < -0.39 is 6.09 Å². The molecule has 1 aliphatic heterocycles. The zero-order valence-corrected chi connectivity index (χ0v) is 20.0. The van der Waals surface area contributed by atoms with Gasteiger partial charge in [0.2, 0.25) is 0 Å². The van der Waals surface area contributed by atoms with Crippen molar-refractivity contribution in [2.75, 3.05) is 27.2 Å². The minimum Gasteiger partial charge on any atom is -0.488 e. The summed E-state index contributed by atoms with van der Waals surface area (Å²) in [4.78, 5) is 12.5. The number of rotatable bonds is 6. The number of amides is 1. The number of nitriles is 1. The summed E-state index contributed by atoms with van der Waals surface area (Å²) in [5.74, 6) is 1.26. The van der Waals surface area contributed by atoms with Crippen LogP contribution in [0.5, 0.6) is 5.75 Å². The first kappa shape index (κ1) is 25.1. The molecule has 8 heteroatoms. The minimum atomic E-state index is -0.825. The van der Waals surface area contributed by atoms with Gasteiger partial charge in [-0.3, -0.25) is 0 Å². The number of carboxylic acid groups (broad SMARTS) is 1. The highest BCUT2D eigenvalue weighted by Crippen LogP contribution is 2.31. The van der Waals surface area contributed by atoms with Crippen molar-refractivity contribution < 1.29 is 19.2 Å². The zero-order chi connectivity index (χ0) is 24.5. The van der Waals surface area contributed by atoms with Crippen molar-refractivity contribution in [3.05, 3.63) is 58.8 Å². The summed E-state index contributed by atoms with van der Waals surface area (Å²) in [5, 5.41) is 26.0. The number of hydrogen-bond acceptors (Lipinski definition) is 6. The fraction of sp³-hybridized carbons (Fsp3) is 0.423. The van der Waals surface area contributed by atoms with Gasteiger partial charge in [0.1, 0.15) is 12.4 Å². The first-order valence-electron chi connectivity index (χ1n) is 11.5. The van der Waals surface area contributed by atoms with Gasteiger partial charge in [-0.2, -0.15) is 5.26 Å². The molecule has 34 heavy (non-hydrogen) atoms. The molecule has 0 bridgehead atoms. The number of aryl methyl sites for hydroxylation is 2. The van der Waals surface area contributed by atoms with Crippen LogP contribution in [0.15, 0.2) is 40.9 Å². The fourth-order valence-corrected chi connectivity index (χ4v) is 4.10. The molecule has 2 heterocycles. The Balaban J connectivity index is 0.00000103. The molecule has 0 aliphatic carbocycles. The van der Waals surface area contributed by atoms with Crippen molar-refractivity contribution >= 4 is 17.1 Å². The molecule has 0 unspecified atom stereocenters. The Morgan fingerprint density at radius 1 is 1.24 bits per heavy atom. The minimum absolute atomic E-state index is 0.411. The van der Waals surface area contributed by atoms with Crippen LogP contribution in [0.3, 0.4) is 0 Å². The van der Waals surface area contributed by atoms with Gasteiger partial charge >= 0.3 is 6.09 Å². The SMILES string of the molecule is CNC.Cc1c(OCc2ccc(C#N)cc2)ccc2c(CCC3CCN(C(=O)O)CC3)noc12. The lowest BCUT2D eigenvalue weighted by atomic mass is 9.91. The molecule has 1 aromatic heterocycles. The number of benzene rings is 2. The lowest BCUT2D eigenvalue weighted by Gasteiger charge is -2.29. The number of carbonyl (C=O) groups is 1. The summed E-state index contributed by atoms with van der Waals surface area (Å²) in [7, 11) is 3.75. The van der Waals surface area contributed by atoms with Crippen LogP contribution in [0.25, 0.3) is 11.0 Å². The van der Waals surface area contributed by atoms with E-state index in [0.717, 1.165) is 59.2 Å². The number of likely N-dealkylation sites (tertiary alicyclic amines) is 1. The van der Waals surface area contributed by atoms with Crippen molar-refractivity contribution in [1.82, 2.24) is 15.4 Å². The van der Waals surface area contributed by atoms with E-state index in [-0.39, 0.29) is 0 Å². The maximum atomic E-state index is 11.0. The van der Waals surface area contributed by atoms with Gasteiger partial charge in [-0.05, 0) is 82.4 Å². The van der Waals surface area contributed by atoms with Gasteiger partial charge in [0.15, 0.2) is 5.58 Å². The Kier molecular flexibility index (Phi) is 8.88. The monoisotopic (exact) mass is 464 g/mol. The molecule has 0 spiro atoms. The van der Waals surface area contributed by atoms with E-state index in [1.807, 2.05) is 45.3 Å². The van der Waals surface area contributed by atoms with Gasteiger partial charge < -0.3 is 24.6 Å². The van der Waals surface area contributed by atoms with Gasteiger partial charge in [0, 0.05) is 24.0 Å². The average Bonchev–Trinajstić information content (AvgIpc) is 3.27. The number of nitrogens with one attached hydrogen (secondary N) is 1. The molecular formula is C26H32N4O4. The molecule has 1 saturated heterocycles. The molecule has 2 aromatic carbocycles. The number of hydrogen-bond donors (Lipinski definition) is 2. The van der Waals surface area contributed by atoms with Gasteiger partial charge in [0.05, 0.1) is 17.3 Å². The van der Waals surface area contributed by atoms with Gasteiger partial charge in [-0.25, -0.2) is 4.79 Å². The number of ether oxygens (including phenoxy) is 1. The van der Waals surface area contributed by atoms with E-state index in [1.54, 1.807) is 12.1 Å². The maximum Gasteiger partial charge on any atom is 0.407 e. The molecular weight excluding hydrogens is 432 g/mol. The Morgan fingerprint density at radius 3 is 2.53 bits per heavy atom. The third kappa shape index (κ3) is 6.27. The third-order valence-corrected chi connectivity index (χ3v) is 6.07. The van der Waals surface area contributed by atoms with Crippen molar-refractivity contribution in [3.8, 4) is 11.8 Å². The highest BCUT2D eigenvalue weighted by atomic mass is 16.5. The van der Waals surface area contributed by atoms with Crippen LogP contribution >= 0.6 is 0 Å². The molecule has 0 radical (unpaired) electrons. The smallest absolute Gasteiger partial charge is 0.407 e. The highest BCUT2D eigenvalue weighted by Gasteiger charge is 2.23. The number of piperidine rings is 1. The molecule has 3 aromatic rings. The normalized spacial score (nSPS) is 13.8. The Labute approximate surface area is 200 Å². The van der Waals surface area contributed by atoms with Crippen LogP contribution in [-0.2, 0) is 13.0 Å². The summed E-state index contributed by atoms with van der Waals surface area (Å²) in [6.07, 6.45) is 2.76. The van der Waals surface area contributed by atoms with E-state index in [2.05, 4.69) is 16.5 Å². The molecule has 180 valence electrons. The van der Waals surface area contributed by atoms with Crippen LogP contribution in [0.2, 0.25) is 0 Å². The van der Waals surface area contributed by atoms with Crippen LogP contribution in [-0.4, -0.2) is 48.4 Å². The molecule has 1 aliphatic rings. The Morgan fingerprint density at radius 2 is 1.91 bits per heavy atom. The third-order valence-electron chi connectivity index (χ3n) is 6.07. The lowest BCUT2D eigenvalue weighted by molar-refractivity contribution is 0.123. The Hall–Kier alpha value is -3.57. The van der Waals surface area contributed by atoms with E-state index in [4.69, 9.17) is 19.6 Å². The van der Waals surface area contributed by atoms with Crippen molar-refractivity contribution in [2.45, 2.75) is 39.2 Å². The predicted octanol–water partition coefficient (Wildman–Crippen LogP) is 4.75. The molecule has 1 amide bonds. The topological polar surface area (TPSA) is 112 Å². The van der Waals surface area contributed by atoms with Crippen LogP contribution in [0.1, 0.15) is 41.6 Å². The quantitative estimate of drug-likeness (QED) is 0.542. The zero-order valence-electron chi connectivity index (χ0n) is 20.0. The van der Waals surface area contributed by atoms with Crippen molar-refractivity contribution in [3.63, 3.8) is 0 Å². The van der Waals surface area contributed by atoms with Crippen molar-refractivity contribution in [2.24, 2.45) is 5.92 Å². The van der Waals surface area contributed by atoms with Crippen LogP contribution in [0, 0.1) is 24.2 Å². The summed E-state index contributed by atoms with van der Waals surface area (Å²) >= 11 is 0.